The Balaban J connectivity index is 2.79. The number of nitrogens with two attached hydrogens (primary N) is 1. The Kier molecular flexibility index (Phi) is 5.19. The van der Waals surface area contributed by atoms with Gasteiger partial charge < -0.3 is 10.5 Å². The Bertz CT molecular complexity index is 315. The summed E-state index contributed by atoms with van der Waals surface area (Å²) in [5, 5.41) is 0. The zero-order chi connectivity index (χ0) is 12.0. The zero-order valence-electron chi connectivity index (χ0n) is 10.3. The fourth-order valence-corrected chi connectivity index (χ4v) is 1.67. The van der Waals surface area contributed by atoms with Gasteiger partial charge in [0.15, 0.2) is 0 Å². The molecule has 0 fully saturated rings. The minimum atomic E-state index is 0.0840. The number of nitrogens with zero attached hydrogens (tertiary/aromatic N) is 2. The van der Waals surface area contributed by atoms with E-state index in [1.54, 1.807) is 12.4 Å². The van der Waals surface area contributed by atoms with Crippen LogP contribution in [0.4, 0.5) is 0 Å². The Morgan fingerprint density at radius 3 is 2.69 bits per heavy atom. The van der Waals surface area contributed by atoms with Crippen molar-refractivity contribution in [2.24, 2.45) is 5.73 Å². The predicted molar refractivity (Wildman–Crippen MR) is 64.5 cm³/mol. The summed E-state index contributed by atoms with van der Waals surface area (Å²) in [7, 11) is 0. The zero-order valence-corrected chi connectivity index (χ0v) is 10.3. The lowest BCUT2D eigenvalue weighted by Gasteiger charge is -2.18. The summed E-state index contributed by atoms with van der Waals surface area (Å²) >= 11 is 0. The van der Waals surface area contributed by atoms with E-state index in [1.165, 1.54) is 0 Å². The van der Waals surface area contributed by atoms with Crippen LogP contribution in [0.3, 0.4) is 0 Å². The molecule has 4 nitrogen and oxygen atoms in total. The number of rotatable bonds is 6. The van der Waals surface area contributed by atoms with Crippen LogP contribution in [0.2, 0.25) is 0 Å². The maximum Gasteiger partial charge on any atom is 0.232 e. The van der Waals surface area contributed by atoms with Crippen molar-refractivity contribution in [1.82, 2.24) is 9.97 Å². The topological polar surface area (TPSA) is 61.0 Å². The molecule has 1 aromatic rings. The molecule has 1 heterocycles. The first kappa shape index (κ1) is 12.9. The number of hydrogen-bond donors (Lipinski definition) is 1. The van der Waals surface area contributed by atoms with Gasteiger partial charge in [0.1, 0.15) is 0 Å². The van der Waals surface area contributed by atoms with Gasteiger partial charge >= 0.3 is 0 Å². The molecule has 2 unspecified atom stereocenters. The first-order chi connectivity index (χ1) is 7.69. The fraction of sp³-hybridized carbons (Fsp3) is 0.667. The molecule has 2 N–H and O–H groups in total. The molecule has 90 valence electrons. The van der Waals surface area contributed by atoms with Gasteiger partial charge in [-0.25, -0.2) is 4.98 Å². The van der Waals surface area contributed by atoms with Gasteiger partial charge in [0.2, 0.25) is 5.88 Å². The molecule has 0 amide bonds. The second-order valence-electron chi connectivity index (χ2n) is 4.00. The molecule has 0 aliphatic heterocycles. The van der Waals surface area contributed by atoms with E-state index in [9.17, 15) is 0 Å². The normalized spacial score (nSPS) is 14.5. The van der Waals surface area contributed by atoms with Crippen LogP contribution in [0.15, 0.2) is 12.4 Å². The van der Waals surface area contributed by atoms with Crippen LogP contribution in [0.5, 0.6) is 5.88 Å². The van der Waals surface area contributed by atoms with Crippen molar-refractivity contribution in [3.8, 4) is 5.88 Å². The summed E-state index contributed by atoms with van der Waals surface area (Å²) in [6.45, 7) is 6.84. The molecule has 0 aliphatic carbocycles. The highest BCUT2D eigenvalue weighted by molar-refractivity contribution is 5.13. The van der Waals surface area contributed by atoms with E-state index in [0.717, 1.165) is 18.5 Å². The first-order valence-electron chi connectivity index (χ1n) is 5.89. The lowest BCUT2D eigenvalue weighted by atomic mass is 9.96. The maximum absolute atomic E-state index is 5.92. The molecule has 0 spiro atoms. The third-order valence-electron chi connectivity index (χ3n) is 2.54. The van der Waals surface area contributed by atoms with Gasteiger partial charge in [0, 0.05) is 18.2 Å². The van der Waals surface area contributed by atoms with Crippen molar-refractivity contribution >= 4 is 0 Å². The fourth-order valence-electron chi connectivity index (χ4n) is 1.67. The van der Waals surface area contributed by atoms with Crippen molar-refractivity contribution in [2.75, 3.05) is 6.61 Å². The molecule has 0 radical (unpaired) electrons. The van der Waals surface area contributed by atoms with E-state index in [0.29, 0.717) is 12.5 Å². The van der Waals surface area contributed by atoms with Crippen LogP contribution in [0, 0.1) is 0 Å². The highest BCUT2D eigenvalue weighted by Gasteiger charge is 2.16. The van der Waals surface area contributed by atoms with Crippen molar-refractivity contribution < 1.29 is 4.74 Å². The van der Waals surface area contributed by atoms with Crippen molar-refractivity contribution in [3.63, 3.8) is 0 Å². The van der Waals surface area contributed by atoms with E-state index in [1.807, 2.05) is 6.92 Å². The van der Waals surface area contributed by atoms with E-state index in [-0.39, 0.29) is 12.0 Å². The molecular formula is C12H21N3O. The Hall–Kier alpha value is -1.16. The second kappa shape index (κ2) is 6.43. The van der Waals surface area contributed by atoms with Crippen LogP contribution in [0.25, 0.3) is 0 Å². The average Bonchev–Trinajstić information content (AvgIpc) is 2.27. The van der Waals surface area contributed by atoms with E-state index < -0.39 is 0 Å². The minimum Gasteiger partial charge on any atom is -0.477 e. The van der Waals surface area contributed by atoms with Gasteiger partial charge in [-0.3, -0.25) is 4.98 Å². The molecule has 0 saturated heterocycles. The number of hydrogen-bond acceptors (Lipinski definition) is 4. The lowest BCUT2D eigenvalue weighted by Crippen LogP contribution is -2.25. The van der Waals surface area contributed by atoms with Crippen molar-refractivity contribution in [2.45, 2.75) is 45.6 Å². The largest absolute Gasteiger partial charge is 0.477 e. The Morgan fingerprint density at radius 1 is 1.38 bits per heavy atom. The average molecular weight is 223 g/mol. The van der Waals surface area contributed by atoms with Crippen molar-refractivity contribution in [1.29, 1.82) is 0 Å². The summed E-state index contributed by atoms with van der Waals surface area (Å²) in [6.07, 6.45) is 5.35. The number of ether oxygens (including phenoxy) is 1. The molecule has 0 aromatic carbocycles. The lowest BCUT2D eigenvalue weighted by molar-refractivity contribution is 0.301. The van der Waals surface area contributed by atoms with Crippen LogP contribution < -0.4 is 10.5 Å². The van der Waals surface area contributed by atoms with Gasteiger partial charge in [-0.1, -0.05) is 13.8 Å². The molecule has 16 heavy (non-hydrogen) atoms. The summed E-state index contributed by atoms with van der Waals surface area (Å²) in [4.78, 5) is 8.58. The van der Waals surface area contributed by atoms with Gasteiger partial charge in [-0.2, -0.15) is 0 Å². The second-order valence-corrected chi connectivity index (χ2v) is 4.00. The van der Waals surface area contributed by atoms with Crippen LogP contribution in [0.1, 0.15) is 45.2 Å². The molecule has 1 aromatic heterocycles. The molecule has 1 rings (SSSR count). The first-order valence-corrected chi connectivity index (χ1v) is 5.89. The predicted octanol–water partition coefficient (Wildman–Crippen LogP) is 2.11. The summed E-state index contributed by atoms with van der Waals surface area (Å²) in [6, 6.07) is 0.0840. The van der Waals surface area contributed by atoms with E-state index >= 15 is 0 Å². The van der Waals surface area contributed by atoms with Crippen molar-refractivity contribution in [3.05, 3.63) is 18.1 Å². The minimum absolute atomic E-state index is 0.0840. The molecule has 2 atom stereocenters. The molecule has 0 saturated carbocycles. The highest BCUT2D eigenvalue weighted by atomic mass is 16.5. The molecule has 0 bridgehead atoms. The SMILES string of the molecule is CCCOc1cncc(C(CC)C(C)N)n1. The van der Waals surface area contributed by atoms with Gasteiger partial charge in [0.05, 0.1) is 18.5 Å². The van der Waals surface area contributed by atoms with E-state index in [4.69, 9.17) is 10.5 Å². The van der Waals surface area contributed by atoms with Gasteiger partial charge in [-0.15, -0.1) is 0 Å². The highest BCUT2D eigenvalue weighted by Crippen LogP contribution is 2.21. The molecule has 0 aliphatic rings. The third-order valence-corrected chi connectivity index (χ3v) is 2.54. The standard InChI is InChI=1S/C12H21N3O/c1-4-6-16-12-8-14-7-11(15-12)10(5-2)9(3)13/h7-10H,4-6,13H2,1-3H3. The number of aromatic nitrogens is 2. The Labute approximate surface area is 97.2 Å². The summed E-state index contributed by atoms with van der Waals surface area (Å²) < 4.78 is 5.46. The molecule has 4 heteroatoms. The van der Waals surface area contributed by atoms with E-state index in [2.05, 4.69) is 23.8 Å². The summed E-state index contributed by atoms with van der Waals surface area (Å²) in [5.74, 6) is 0.844. The summed E-state index contributed by atoms with van der Waals surface area (Å²) in [5.41, 5.74) is 6.84. The van der Waals surface area contributed by atoms with Gasteiger partial charge in [-0.05, 0) is 19.8 Å². The van der Waals surface area contributed by atoms with Crippen LogP contribution in [-0.4, -0.2) is 22.6 Å². The Morgan fingerprint density at radius 2 is 2.12 bits per heavy atom. The quantitative estimate of drug-likeness (QED) is 0.802. The van der Waals surface area contributed by atoms with Gasteiger partial charge in [0.25, 0.3) is 0 Å². The van der Waals surface area contributed by atoms with Crippen LogP contribution >= 0.6 is 0 Å². The monoisotopic (exact) mass is 223 g/mol. The van der Waals surface area contributed by atoms with Crippen LogP contribution in [-0.2, 0) is 0 Å². The maximum atomic E-state index is 5.92. The smallest absolute Gasteiger partial charge is 0.232 e. The third kappa shape index (κ3) is 3.45. The molecular weight excluding hydrogens is 202 g/mol.